The normalized spacial score (nSPS) is 18.0. The molecule has 0 bridgehead atoms. The number of carbonyl (C=O) groups is 2. The van der Waals surface area contributed by atoms with Crippen LogP contribution in [0.5, 0.6) is 0 Å². The molecule has 2 amide bonds. The molecule has 0 heterocycles. The van der Waals surface area contributed by atoms with Gasteiger partial charge in [0, 0.05) is 6.54 Å². The summed E-state index contributed by atoms with van der Waals surface area (Å²) in [7, 11) is 0. The molecule has 0 atom stereocenters. The summed E-state index contributed by atoms with van der Waals surface area (Å²) in [6.07, 6.45) is 2.40. The zero-order valence-electron chi connectivity index (χ0n) is 10.0. The third-order valence-electron chi connectivity index (χ3n) is 2.89. The Bertz CT molecular complexity index is 285. The van der Waals surface area contributed by atoms with Gasteiger partial charge in [-0.15, -0.1) is 0 Å². The third-order valence-corrected chi connectivity index (χ3v) is 2.89. The summed E-state index contributed by atoms with van der Waals surface area (Å²) < 4.78 is 0. The van der Waals surface area contributed by atoms with Crippen LogP contribution in [0, 0.1) is 5.92 Å². The maximum absolute atomic E-state index is 12.1. The largest absolute Gasteiger partial charge is 0.368 e. The molecule has 0 aromatic heterocycles. The van der Waals surface area contributed by atoms with Crippen LogP contribution in [0.4, 0.5) is 0 Å². The quantitative estimate of drug-likeness (QED) is 0.683. The number of carbonyl (C=O) groups excluding carboxylic acids is 2. The molecule has 5 nitrogen and oxygen atoms in total. The van der Waals surface area contributed by atoms with Crippen LogP contribution < -0.4 is 11.5 Å². The van der Waals surface area contributed by atoms with E-state index in [0.717, 1.165) is 6.42 Å². The molecule has 0 aromatic carbocycles. The van der Waals surface area contributed by atoms with Crippen molar-refractivity contribution in [2.24, 2.45) is 17.4 Å². The molecule has 0 unspecified atom stereocenters. The molecule has 4 N–H and O–H groups in total. The predicted molar refractivity (Wildman–Crippen MR) is 61.4 cm³/mol. The van der Waals surface area contributed by atoms with Crippen molar-refractivity contribution >= 4 is 11.8 Å². The highest BCUT2D eigenvalue weighted by atomic mass is 16.2. The van der Waals surface area contributed by atoms with Crippen LogP contribution in [0.3, 0.4) is 0 Å². The van der Waals surface area contributed by atoms with E-state index < -0.39 is 11.4 Å². The lowest BCUT2D eigenvalue weighted by molar-refractivity contribution is -0.143. The highest BCUT2D eigenvalue weighted by molar-refractivity contribution is 5.90. The molecule has 1 aliphatic carbocycles. The number of primary amides is 1. The van der Waals surface area contributed by atoms with Crippen molar-refractivity contribution in [3.8, 4) is 0 Å². The fourth-order valence-electron chi connectivity index (χ4n) is 1.93. The minimum atomic E-state index is -0.746. The Morgan fingerprint density at radius 1 is 1.38 bits per heavy atom. The lowest BCUT2D eigenvalue weighted by Crippen LogP contribution is -2.61. The van der Waals surface area contributed by atoms with Gasteiger partial charge in [0.05, 0.1) is 12.1 Å². The summed E-state index contributed by atoms with van der Waals surface area (Å²) in [4.78, 5) is 24.5. The van der Waals surface area contributed by atoms with Gasteiger partial charge >= 0.3 is 0 Å². The number of nitrogens with two attached hydrogens (primary N) is 2. The maximum atomic E-state index is 12.1. The molecule has 0 saturated heterocycles. The molecule has 0 aromatic rings. The number of nitrogens with zero attached hydrogens (tertiary/aromatic N) is 1. The van der Waals surface area contributed by atoms with E-state index >= 15 is 0 Å². The molecule has 1 fully saturated rings. The van der Waals surface area contributed by atoms with Crippen LogP contribution in [0.2, 0.25) is 0 Å². The summed E-state index contributed by atoms with van der Waals surface area (Å²) in [5.74, 6) is -0.324. The lowest BCUT2D eigenvalue weighted by atomic mass is 9.76. The molecule has 0 aliphatic heterocycles. The summed E-state index contributed by atoms with van der Waals surface area (Å²) in [6, 6.07) is 0. The summed E-state index contributed by atoms with van der Waals surface area (Å²) in [6.45, 7) is 4.48. The fraction of sp³-hybridized carbons (Fsp3) is 0.818. The molecule has 1 aliphatic rings. The molecule has 0 radical (unpaired) electrons. The van der Waals surface area contributed by atoms with Gasteiger partial charge in [0.25, 0.3) is 0 Å². The summed E-state index contributed by atoms with van der Waals surface area (Å²) in [5, 5.41) is 0. The Balaban J connectivity index is 2.67. The zero-order chi connectivity index (χ0) is 12.3. The molecular formula is C11H21N3O2. The Hall–Kier alpha value is -1.10. The average Bonchev–Trinajstić information content (AvgIpc) is 2.10. The van der Waals surface area contributed by atoms with E-state index in [0.29, 0.717) is 25.3 Å². The monoisotopic (exact) mass is 227 g/mol. The van der Waals surface area contributed by atoms with Gasteiger partial charge in [-0.25, -0.2) is 0 Å². The standard InChI is InChI=1S/C11H21N3O2/c1-8(2)6-14(7-9(12)15)10(16)11(13)4-3-5-11/h8H,3-7,13H2,1-2H3,(H2,12,15). The first-order valence-electron chi connectivity index (χ1n) is 5.72. The molecule has 1 saturated carbocycles. The van der Waals surface area contributed by atoms with Crippen LogP contribution in [-0.2, 0) is 9.59 Å². The SMILES string of the molecule is CC(C)CN(CC(N)=O)C(=O)C1(N)CCC1. The Labute approximate surface area is 96.1 Å². The molecule has 16 heavy (non-hydrogen) atoms. The second-order valence-electron chi connectivity index (χ2n) is 5.06. The summed E-state index contributed by atoms with van der Waals surface area (Å²) in [5.41, 5.74) is 10.3. The van der Waals surface area contributed by atoms with E-state index in [1.807, 2.05) is 13.8 Å². The first kappa shape index (κ1) is 13.0. The van der Waals surface area contributed by atoms with E-state index in [9.17, 15) is 9.59 Å². The third kappa shape index (κ3) is 2.95. The Kier molecular flexibility index (Phi) is 3.91. The van der Waals surface area contributed by atoms with Crippen molar-refractivity contribution in [3.63, 3.8) is 0 Å². The minimum absolute atomic E-state index is 0.0318. The number of amides is 2. The average molecular weight is 227 g/mol. The van der Waals surface area contributed by atoms with E-state index in [2.05, 4.69) is 0 Å². The van der Waals surface area contributed by atoms with Crippen LogP contribution in [0.1, 0.15) is 33.1 Å². The molecule has 5 heteroatoms. The van der Waals surface area contributed by atoms with Crippen LogP contribution in [-0.4, -0.2) is 35.3 Å². The van der Waals surface area contributed by atoms with E-state index in [1.165, 1.54) is 4.90 Å². The van der Waals surface area contributed by atoms with Gasteiger partial charge in [-0.1, -0.05) is 13.8 Å². The van der Waals surface area contributed by atoms with Crippen molar-refractivity contribution in [1.82, 2.24) is 4.90 Å². The van der Waals surface area contributed by atoms with Gasteiger partial charge < -0.3 is 16.4 Å². The van der Waals surface area contributed by atoms with Crippen LogP contribution >= 0.6 is 0 Å². The maximum Gasteiger partial charge on any atom is 0.243 e. The molecular weight excluding hydrogens is 206 g/mol. The van der Waals surface area contributed by atoms with Gasteiger partial charge in [0.1, 0.15) is 0 Å². The van der Waals surface area contributed by atoms with Crippen molar-refractivity contribution < 1.29 is 9.59 Å². The van der Waals surface area contributed by atoms with Crippen molar-refractivity contribution in [2.45, 2.75) is 38.6 Å². The first-order chi connectivity index (χ1) is 7.35. The van der Waals surface area contributed by atoms with Gasteiger partial charge in [0.2, 0.25) is 11.8 Å². The van der Waals surface area contributed by atoms with Gasteiger partial charge in [-0.05, 0) is 25.2 Å². The lowest BCUT2D eigenvalue weighted by Gasteiger charge is -2.40. The molecule has 92 valence electrons. The van der Waals surface area contributed by atoms with E-state index in [-0.39, 0.29) is 12.5 Å². The Morgan fingerprint density at radius 3 is 2.25 bits per heavy atom. The number of rotatable bonds is 5. The van der Waals surface area contributed by atoms with Crippen LogP contribution in [0.25, 0.3) is 0 Å². The first-order valence-corrected chi connectivity index (χ1v) is 5.72. The van der Waals surface area contributed by atoms with Gasteiger partial charge in [-0.2, -0.15) is 0 Å². The molecule has 0 spiro atoms. The predicted octanol–water partition coefficient (Wildman–Crippen LogP) is -0.162. The van der Waals surface area contributed by atoms with Gasteiger partial charge in [-0.3, -0.25) is 9.59 Å². The topological polar surface area (TPSA) is 89.4 Å². The molecule has 1 rings (SSSR count). The van der Waals surface area contributed by atoms with Crippen molar-refractivity contribution in [1.29, 1.82) is 0 Å². The van der Waals surface area contributed by atoms with Crippen molar-refractivity contribution in [3.05, 3.63) is 0 Å². The highest BCUT2D eigenvalue weighted by Gasteiger charge is 2.42. The van der Waals surface area contributed by atoms with Gasteiger partial charge in [0.15, 0.2) is 0 Å². The highest BCUT2D eigenvalue weighted by Crippen LogP contribution is 2.31. The smallest absolute Gasteiger partial charge is 0.243 e. The Morgan fingerprint density at radius 2 is 1.94 bits per heavy atom. The number of hydrogen-bond acceptors (Lipinski definition) is 3. The van der Waals surface area contributed by atoms with E-state index in [4.69, 9.17) is 11.5 Å². The van der Waals surface area contributed by atoms with Crippen LogP contribution in [0.15, 0.2) is 0 Å². The fourth-order valence-corrected chi connectivity index (χ4v) is 1.93. The second-order valence-corrected chi connectivity index (χ2v) is 5.06. The summed E-state index contributed by atoms with van der Waals surface area (Å²) >= 11 is 0. The minimum Gasteiger partial charge on any atom is -0.368 e. The number of hydrogen-bond donors (Lipinski definition) is 2. The van der Waals surface area contributed by atoms with E-state index in [1.54, 1.807) is 0 Å². The second kappa shape index (κ2) is 4.82. The zero-order valence-corrected chi connectivity index (χ0v) is 10.0. The van der Waals surface area contributed by atoms with Crippen molar-refractivity contribution in [2.75, 3.05) is 13.1 Å².